The van der Waals surface area contributed by atoms with E-state index in [1.807, 2.05) is 37.3 Å². The van der Waals surface area contributed by atoms with E-state index in [9.17, 15) is 0 Å². The maximum atomic E-state index is 5.94. The van der Waals surface area contributed by atoms with Crippen LogP contribution in [0.15, 0.2) is 36.5 Å². The zero-order chi connectivity index (χ0) is 15.2. The number of nitrogens with zero attached hydrogens (tertiary/aromatic N) is 1. The topological polar surface area (TPSA) is 57.4 Å². The van der Waals surface area contributed by atoms with Crippen molar-refractivity contribution < 1.29 is 9.47 Å². The number of hydrogen-bond acceptors (Lipinski definition) is 4. The standard InChI is InChI=1S/C17H22N2O2/c1-4-13-7-8-15(16(11-13)20-3)21-17-14(10-12(2)18)6-5-9-19-17/h5-9,11-12H,4,10,18H2,1-3H3. The summed E-state index contributed by atoms with van der Waals surface area (Å²) in [6.45, 7) is 4.07. The van der Waals surface area contributed by atoms with E-state index in [0.717, 1.165) is 18.4 Å². The van der Waals surface area contributed by atoms with Crippen molar-refractivity contribution in [3.05, 3.63) is 47.7 Å². The highest BCUT2D eigenvalue weighted by molar-refractivity contribution is 5.45. The molecular weight excluding hydrogens is 264 g/mol. The largest absolute Gasteiger partial charge is 0.493 e. The highest BCUT2D eigenvalue weighted by Gasteiger charge is 2.11. The van der Waals surface area contributed by atoms with Gasteiger partial charge < -0.3 is 15.2 Å². The van der Waals surface area contributed by atoms with Crippen molar-refractivity contribution >= 4 is 0 Å². The predicted molar refractivity (Wildman–Crippen MR) is 84.0 cm³/mol. The van der Waals surface area contributed by atoms with Crippen molar-refractivity contribution in [3.63, 3.8) is 0 Å². The van der Waals surface area contributed by atoms with Crippen LogP contribution in [-0.4, -0.2) is 18.1 Å². The summed E-state index contributed by atoms with van der Waals surface area (Å²) in [6, 6.07) is 9.87. The minimum absolute atomic E-state index is 0.0564. The molecular formula is C17H22N2O2. The Morgan fingerprint density at radius 1 is 1.24 bits per heavy atom. The van der Waals surface area contributed by atoms with Gasteiger partial charge in [0.2, 0.25) is 5.88 Å². The molecule has 0 bridgehead atoms. The molecule has 0 spiro atoms. The molecule has 1 unspecified atom stereocenters. The summed E-state index contributed by atoms with van der Waals surface area (Å²) >= 11 is 0. The van der Waals surface area contributed by atoms with Crippen LogP contribution in [0.1, 0.15) is 25.0 Å². The number of benzene rings is 1. The van der Waals surface area contributed by atoms with Crippen molar-refractivity contribution in [1.29, 1.82) is 0 Å². The first-order valence-electron chi connectivity index (χ1n) is 7.18. The number of rotatable bonds is 6. The Morgan fingerprint density at radius 2 is 2.05 bits per heavy atom. The van der Waals surface area contributed by atoms with Crippen LogP contribution in [-0.2, 0) is 12.8 Å². The lowest BCUT2D eigenvalue weighted by Gasteiger charge is -2.14. The Labute approximate surface area is 125 Å². The molecule has 1 aromatic heterocycles. The van der Waals surface area contributed by atoms with E-state index in [1.54, 1.807) is 13.3 Å². The van der Waals surface area contributed by atoms with Gasteiger partial charge in [-0.1, -0.05) is 19.1 Å². The molecule has 0 fully saturated rings. The number of aromatic nitrogens is 1. The zero-order valence-electron chi connectivity index (χ0n) is 12.8. The predicted octanol–water partition coefficient (Wildman–Crippen LogP) is 3.33. The molecule has 4 heteroatoms. The van der Waals surface area contributed by atoms with Crippen molar-refractivity contribution in [2.75, 3.05) is 7.11 Å². The molecule has 2 rings (SSSR count). The second kappa shape index (κ2) is 7.09. The molecule has 1 atom stereocenters. The first kappa shape index (κ1) is 15.3. The van der Waals surface area contributed by atoms with E-state index >= 15 is 0 Å². The van der Waals surface area contributed by atoms with Gasteiger partial charge in [0, 0.05) is 17.8 Å². The van der Waals surface area contributed by atoms with E-state index in [0.29, 0.717) is 17.4 Å². The Hall–Kier alpha value is -2.07. The van der Waals surface area contributed by atoms with Crippen LogP contribution in [0.5, 0.6) is 17.4 Å². The minimum Gasteiger partial charge on any atom is -0.493 e. The van der Waals surface area contributed by atoms with E-state index in [-0.39, 0.29) is 6.04 Å². The van der Waals surface area contributed by atoms with Gasteiger partial charge in [-0.25, -0.2) is 4.98 Å². The number of pyridine rings is 1. The third-order valence-corrected chi connectivity index (χ3v) is 3.23. The van der Waals surface area contributed by atoms with E-state index in [2.05, 4.69) is 11.9 Å². The van der Waals surface area contributed by atoms with Gasteiger partial charge in [-0.05, 0) is 43.5 Å². The van der Waals surface area contributed by atoms with Gasteiger partial charge in [-0.3, -0.25) is 0 Å². The lowest BCUT2D eigenvalue weighted by molar-refractivity contribution is 0.371. The maximum Gasteiger partial charge on any atom is 0.222 e. The second-order valence-corrected chi connectivity index (χ2v) is 5.09. The number of nitrogens with two attached hydrogens (primary N) is 1. The third-order valence-electron chi connectivity index (χ3n) is 3.23. The Kier molecular flexibility index (Phi) is 5.17. The van der Waals surface area contributed by atoms with E-state index in [4.69, 9.17) is 15.2 Å². The summed E-state index contributed by atoms with van der Waals surface area (Å²) in [7, 11) is 1.64. The van der Waals surface area contributed by atoms with Crippen LogP contribution in [0.25, 0.3) is 0 Å². The van der Waals surface area contributed by atoms with Crippen LogP contribution in [0.2, 0.25) is 0 Å². The van der Waals surface area contributed by atoms with Crippen LogP contribution in [0.3, 0.4) is 0 Å². The second-order valence-electron chi connectivity index (χ2n) is 5.09. The Morgan fingerprint density at radius 3 is 2.71 bits per heavy atom. The van der Waals surface area contributed by atoms with Crippen LogP contribution in [0, 0.1) is 0 Å². The van der Waals surface area contributed by atoms with Crippen LogP contribution >= 0.6 is 0 Å². The summed E-state index contributed by atoms with van der Waals surface area (Å²) in [6.07, 6.45) is 3.39. The van der Waals surface area contributed by atoms with Gasteiger partial charge in [0.15, 0.2) is 11.5 Å². The zero-order valence-corrected chi connectivity index (χ0v) is 12.8. The lowest BCUT2D eigenvalue weighted by atomic mass is 10.1. The number of methoxy groups -OCH3 is 1. The molecule has 0 saturated heterocycles. The smallest absolute Gasteiger partial charge is 0.222 e. The number of aryl methyl sites for hydroxylation is 1. The summed E-state index contributed by atoms with van der Waals surface area (Å²) < 4.78 is 11.3. The summed E-state index contributed by atoms with van der Waals surface area (Å²) in [5.74, 6) is 1.96. The lowest BCUT2D eigenvalue weighted by Crippen LogP contribution is -2.18. The third kappa shape index (κ3) is 3.95. The quantitative estimate of drug-likeness (QED) is 0.885. The van der Waals surface area contributed by atoms with E-state index in [1.165, 1.54) is 5.56 Å². The van der Waals surface area contributed by atoms with Gasteiger partial charge in [-0.2, -0.15) is 0 Å². The van der Waals surface area contributed by atoms with Crippen molar-refractivity contribution in [3.8, 4) is 17.4 Å². The van der Waals surface area contributed by atoms with Gasteiger partial charge in [0.25, 0.3) is 0 Å². The molecule has 1 aromatic carbocycles. The molecule has 2 N–H and O–H groups in total. The molecule has 1 heterocycles. The van der Waals surface area contributed by atoms with Gasteiger partial charge >= 0.3 is 0 Å². The molecule has 112 valence electrons. The molecule has 0 aliphatic heterocycles. The fourth-order valence-corrected chi connectivity index (χ4v) is 2.14. The monoisotopic (exact) mass is 286 g/mol. The Bertz CT molecular complexity index is 597. The molecule has 0 aliphatic carbocycles. The van der Waals surface area contributed by atoms with Crippen LogP contribution < -0.4 is 15.2 Å². The molecule has 4 nitrogen and oxygen atoms in total. The maximum absolute atomic E-state index is 5.94. The van der Waals surface area contributed by atoms with Crippen LogP contribution in [0.4, 0.5) is 0 Å². The fraction of sp³-hybridized carbons (Fsp3) is 0.353. The minimum atomic E-state index is 0.0564. The van der Waals surface area contributed by atoms with Gasteiger partial charge in [0.05, 0.1) is 7.11 Å². The molecule has 0 amide bonds. The summed E-state index contributed by atoms with van der Waals surface area (Å²) in [5, 5.41) is 0. The molecule has 0 radical (unpaired) electrons. The molecule has 21 heavy (non-hydrogen) atoms. The molecule has 0 saturated carbocycles. The SMILES string of the molecule is CCc1ccc(Oc2ncccc2CC(C)N)c(OC)c1. The Balaban J connectivity index is 2.30. The summed E-state index contributed by atoms with van der Waals surface area (Å²) in [5.41, 5.74) is 8.07. The highest BCUT2D eigenvalue weighted by Crippen LogP contribution is 2.33. The fourth-order valence-electron chi connectivity index (χ4n) is 2.14. The first-order valence-corrected chi connectivity index (χ1v) is 7.18. The van der Waals surface area contributed by atoms with Gasteiger partial charge in [-0.15, -0.1) is 0 Å². The van der Waals surface area contributed by atoms with Crippen molar-refractivity contribution in [2.24, 2.45) is 5.73 Å². The average Bonchev–Trinajstić information content (AvgIpc) is 2.49. The number of ether oxygens (including phenoxy) is 2. The highest BCUT2D eigenvalue weighted by atomic mass is 16.5. The first-order chi connectivity index (χ1) is 10.1. The van der Waals surface area contributed by atoms with E-state index < -0.39 is 0 Å². The molecule has 0 aliphatic rings. The van der Waals surface area contributed by atoms with Gasteiger partial charge in [0.1, 0.15) is 0 Å². The van der Waals surface area contributed by atoms with Crippen molar-refractivity contribution in [2.45, 2.75) is 32.7 Å². The molecule has 2 aromatic rings. The van der Waals surface area contributed by atoms with Crippen molar-refractivity contribution in [1.82, 2.24) is 4.98 Å². The average molecular weight is 286 g/mol. The summed E-state index contributed by atoms with van der Waals surface area (Å²) in [4.78, 5) is 4.31. The number of hydrogen-bond donors (Lipinski definition) is 1. The normalized spacial score (nSPS) is 12.0.